The van der Waals surface area contributed by atoms with Gasteiger partial charge in [-0.25, -0.2) is 0 Å². The minimum atomic E-state index is -0.0534. The molecule has 0 aromatic rings. The molecule has 1 saturated carbocycles. The van der Waals surface area contributed by atoms with Crippen LogP contribution in [0.15, 0.2) is 4.99 Å². The molecule has 1 aliphatic carbocycles. The molecule has 0 radical (unpaired) electrons. The molecule has 120 valence electrons. The Kier molecular flexibility index (Phi) is 5.72. The first kappa shape index (κ1) is 16.8. The van der Waals surface area contributed by atoms with E-state index in [9.17, 15) is 4.79 Å². The SMILES string of the molecule is COCCN(C1=NC(=O)C2CCCCCC2S1)C(C)(C)C. The van der Waals surface area contributed by atoms with Crippen LogP contribution in [0, 0.1) is 5.92 Å². The summed E-state index contributed by atoms with van der Waals surface area (Å²) in [5.74, 6) is 0.243. The van der Waals surface area contributed by atoms with Crippen LogP contribution in [-0.4, -0.2) is 47.0 Å². The molecule has 1 aliphatic heterocycles. The molecule has 2 rings (SSSR count). The normalized spacial score (nSPS) is 26.9. The van der Waals surface area contributed by atoms with E-state index in [-0.39, 0.29) is 17.4 Å². The first-order valence-corrected chi connectivity index (χ1v) is 8.87. The van der Waals surface area contributed by atoms with Crippen LogP contribution in [0.2, 0.25) is 0 Å². The third-order valence-electron chi connectivity index (χ3n) is 4.29. The Morgan fingerprint density at radius 3 is 2.67 bits per heavy atom. The standard InChI is InChI=1S/C16H28N2O2S/c1-16(2,3)18(10-11-20-4)15-17-14(19)12-8-6-5-7-9-13(12)21-15/h12-13H,5-11H2,1-4H3. The van der Waals surface area contributed by atoms with Gasteiger partial charge in [0.25, 0.3) is 5.91 Å². The summed E-state index contributed by atoms with van der Waals surface area (Å²) in [6.07, 6.45) is 5.82. The molecular formula is C16H28N2O2S. The third kappa shape index (κ3) is 4.22. The number of carbonyl (C=O) groups is 1. The molecular weight excluding hydrogens is 284 g/mol. The zero-order chi connectivity index (χ0) is 15.5. The molecule has 2 unspecified atom stereocenters. The fraction of sp³-hybridized carbons (Fsp3) is 0.875. The molecule has 2 atom stereocenters. The average Bonchev–Trinajstić information content (AvgIpc) is 2.63. The summed E-state index contributed by atoms with van der Waals surface area (Å²) in [5.41, 5.74) is -0.0534. The summed E-state index contributed by atoms with van der Waals surface area (Å²) >= 11 is 1.82. The fourth-order valence-electron chi connectivity index (χ4n) is 3.06. The van der Waals surface area contributed by atoms with Crippen molar-refractivity contribution in [2.75, 3.05) is 20.3 Å². The lowest BCUT2D eigenvalue weighted by Gasteiger charge is -2.40. The largest absolute Gasteiger partial charge is 0.383 e. The van der Waals surface area contributed by atoms with Crippen molar-refractivity contribution < 1.29 is 9.53 Å². The monoisotopic (exact) mass is 312 g/mol. The molecule has 0 N–H and O–H groups in total. The van der Waals surface area contributed by atoms with Crippen molar-refractivity contribution in [1.29, 1.82) is 0 Å². The summed E-state index contributed by atoms with van der Waals surface area (Å²) in [7, 11) is 1.71. The van der Waals surface area contributed by atoms with E-state index in [1.807, 2.05) is 11.8 Å². The van der Waals surface area contributed by atoms with Gasteiger partial charge >= 0.3 is 0 Å². The molecule has 4 nitrogen and oxygen atoms in total. The van der Waals surface area contributed by atoms with Crippen LogP contribution in [0.1, 0.15) is 52.9 Å². The number of carbonyl (C=O) groups excluding carboxylic acids is 1. The van der Waals surface area contributed by atoms with Crippen LogP contribution < -0.4 is 0 Å². The Labute approximate surface area is 132 Å². The van der Waals surface area contributed by atoms with Crippen molar-refractivity contribution in [2.45, 2.75) is 63.7 Å². The van der Waals surface area contributed by atoms with Gasteiger partial charge in [0, 0.05) is 24.4 Å². The lowest BCUT2D eigenvalue weighted by molar-refractivity contribution is -0.121. The number of hydrogen-bond donors (Lipinski definition) is 0. The Balaban J connectivity index is 2.19. The summed E-state index contributed by atoms with van der Waals surface area (Å²) < 4.78 is 5.22. The van der Waals surface area contributed by atoms with Gasteiger partial charge in [0.2, 0.25) is 0 Å². The number of thioether (sulfide) groups is 1. The number of rotatable bonds is 3. The van der Waals surface area contributed by atoms with Gasteiger partial charge in [-0.2, -0.15) is 4.99 Å². The number of fused-ring (bicyclic) bond motifs is 1. The van der Waals surface area contributed by atoms with Crippen molar-refractivity contribution in [1.82, 2.24) is 4.90 Å². The maximum atomic E-state index is 12.4. The number of nitrogens with zero attached hydrogens (tertiary/aromatic N) is 2. The number of amidine groups is 1. The predicted molar refractivity (Wildman–Crippen MR) is 88.7 cm³/mol. The van der Waals surface area contributed by atoms with Crippen molar-refractivity contribution >= 4 is 22.8 Å². The van der Waals surface area contributed by atoms with E-state index in [0.717, 1.165) is 24.6 Å². The highest BCUT2D eigenvalue weighted by Gasteiger charge is 2.38. The molecule has 0 bridgehead atoms. The molecule has 0 aromatic heterocycles. The maximum absolute atomic E-state index is 12.4. The van der Waals surface area contributed by atoms with E-state index in [1.165, 1.54) is 19.3 Å². The Morgan fingerprint density at radius 2 is 2.00 bits per heavy atom. The molecule has 1 amide bonds. The van der Waals surface area contributed by atoms with E-state index >= 15 is 0 Å². The highest BCUT2D eigenvalue weighted by molar-refractivity contribution is 8.14. The Hall–Kier alpha value is -0.550. The molecule has 0 saturated heterocycles. The Bertz CT molecular complexity index is 404. The van der Waals surface area contributed by atoms with Crippen LogP contribution in [0.4, 0.5) is 0 Å². The van der Waals surface area contributed by atoms with Crippen molar-refractivity contribution in [3.63, 3.8) is 0 Å². The second-order valence-electron chi connectivity index (χ2n) is 6.95. The van der Waals surface area contributed by atoms with Gasteiger partial charge in [0.15, 0.2) is 5.17 Å². The Morgan fingerprint density at radius 1 is 1.29 bits per heavy atom. The van der Waals surface area contributed by atoms with E-state index in [4.69, 9.17) is 4.74 Å². The molecule has 1 heterocycles. The highest BCUT2D eigenvalue weighted by atomic mass is 32.2. The zero-order valence-corrected chi connectivity index (χ0v) is 14.5. The van der Waals surface area contributed by atoms with Gasteiger partial charge in [0.05, 0.1) is 12.5 Å². The summed E-state index contributed by atoms with van der Waals surface area (Å²) in [6.45, 7) is 7.91. The van der Waals surface area contributed by atoms with Gasteiger partial charge in [-0.3, -0.25) is 4.79 Å². The van der Waals surface area contributed by atoms with E-state index in [2.05, 4.69) is 30.7 Å². The topological polar surface area (TPSA) is 41.9 Å². The number of amides is 1. The summed E-state index contributed by atoms with van der Waals surface area (Å²) in [4.78, 5) is 19.1. The van der Waals surface area contributed by atoms with Crippen molar-refractivity contribution in [2.24, 2.45) is 10.9 Å². The second kappa shape index (κ2) is 7.14. The van der Waals surface area contributed by atoms with E-state index in [1.54, 1.807) is 7.11 Å². The lowest BCUT2D eigenvalue weighted by atomic mass is 9.99. The summed E-state index contributed by atoms with van der Waals surface area (Å²) in [6, 6.07) is 0. The lowest BCUT2D eigenvalue weighted by Crippen LogP contribution is -2.48. The molecule has 2 aliphatic rings. The quantitative estimate of drug-likeness (QED) is 0.802. The predicted octanol–water partition coefficient (Wildman–Crippen LogP) is 3.31. The van der Waals surface area contributed by atoms with Crippen LogP contribution in [0.25, 0.3) is 0 Å². The smallest absolute Gasteiger partial charge is 0.252 e. The van der Waals surface area contributed by atoms with Crippen LogP contribution >= 0.6 is 11.8 Å². The van der Waals surface area contributed by atoms with Crippen LogP contribution in [0.3, 0.4) is 0 Å². The van der Waals surface area contributed by atoms with Crippen molar-refractivity contribution in [3.05, 3.63) is 0 Å². The average molecular weight is 312 g/mol. The number of ether oxygens (including phenoxy) is 1. The molecule has 21 heavy (non-hydrogen) atoms. The minimum absolute atomic E-state index is 0.0534. The fourth-order valence-corrected chi connectivity index (χ4v) is 4.67. The number of hydrogen-bond acceptors (Lipinski definition) is 4. The van der Waals surface area contributed by atoms with E-state index in [0.29, 0.717) is 11.9 Å². The molecule has 1 fully saturated rings. The second-order valence-corrected chi connectivity index (χ2v) is 8.16. The van der Waals surface area contributed by atoms with Crippen molar-refractivity contribution in [3.8, 4) is 0 Å². The van der Waals surface area contributed by atoms with Gasteiger partial charge in [-0.15, -0.1) is 0 Å². The molecule has 0 spiro atoms. The van der Waals surface area contributed by atoms with Gasteiger partial charge in [0.1, 0.15) is 0 Å². The van der Waals surface area contributed by atoms with Gasteiger partial charge < -0.3 is 9.64 Å². The number of aliphatic imine (C=N–C) groups is 1. The van der Waals surface area contributed by atoms with Crippen LogP contribution in [0.5, 0.6) is 0 Å². The van der Waals surface area contributed by atoms with Gasteiger partial charge in [-0.1, -0.05) is 31.0 Å². The minimum Gasteiger partial charge on any atom is -0.383 e. The molecule has 5 heteroatoms. The highest BCUT2D eigenvalue weighted by Crippen LogP contribution is 2.38. The third-order valence-corrected chi connectivity index (χ3v) is 5.68. The maximum Gasteiger partial charge on any atom is 0.252 e. The van der Waals surface area contributed by atoms with Gasteiger partial charge in [-0.05, 0) is 33.6 Å². The first-order chi connectivity index (χ1) is 9.93. The van der Waals surface area contributed by atoms with Crippen LogP contribution in [-0.2, 0) is 9.53 Å². The molecule has 0 aromatic carbocycles. The first-order valence-electron chi connectivity index (χ1n) is 7.99. The number of methoxy groups -OCH3 is 1. The summed E-state index contributed by atoms with van der Waals surface area (Å²) in [5, 5.41) is 1.31. The van der Waals surface area contributed by atoms with E-state index < -0.39 is 0 Å². The zero-order valence-electron chi connectivity index (χ0n) is 13.7.